The maximum atomic E-state index is 9.77. The van der Waals surface area contributed by atoms with Gasteiger partial charge in [0.15, 0.2) is 0 Å². The molecule has 154 valence electrons. The van der Waals surface area contributed by atoms with E-state index in [1.54, 1.807) is 7.11 Å². The minimum atomic E-state index is -0.0190. The Hall–Kier alpha value is -0.200. The first kappa shape index (κ1) is 22.1. The molecule has 5 nitrogen and oxygen atoms in total. The summed E-state index contributed by atoms with van der Waals surface area (Å²) in [6, 6.07) is 0.705. The van der Waals surface area contributed by atoms with Gasteiger partial charge in [0.1, 0.15) is 0 Å². The summed E-state index contributed by atoms with van der Waals surface area (Å²) in [6.07, 6.45) is 5.26. The molecule has 0 aromatic heterocycles. The third-order valence-electron chi connectivity index (χ3n) is 6.29. The third kappa shape index (κ3) is 7.08. The van der Waals surface area contributed by atoms with Crippen molar-refractivity contribution in [3.63, 3.8) is 0 Å². The summed E-state index contributed by atoms with van der Waals surface area (Å²) < 4.78 is 5.22. The van der Waals surface area contributed by atoms with Crippen LogP contribution in [0.2, 0.25) is 0 Å². The number of hydrogen-bond acceptors (Lipinski definition) is 5. The summed E-state index contributed by atoms with van der Waals surface area (Å²) in [5, 5.41) is 9.77. The van der Waals surface area contributed by atoms with Crippen LogP contribution in [0.15, 0.2) is 0 Å². The van der Waals surface area contributed by atoms with Gasteiger partial charge in [-0.25, -0.2) is 0 Å². The standard InChI is InChI=1S/C21H43N3O2/c1-5-24-10-6-7-20(24)16-23(17-21(2,3)18-25)15-19-8-11-22(12-9-19)13-14-26-4/h19-20,25H,5-18H2,1-4H3/t20-/m1/s1. The Morgan fingerprint density at radius 1 is 1.12 bits per heavy atom. The summed E-state index contributed by atoms with van der Waals surface area (Å²) in [4.78, 5) is 7.86. The molecule has 2 aliphatic rings. The van der Waals surface area contributed by atoms with Crippen LogP contribution in [0.4, 0.5) is 0 Å². The molecule has 2 fully saturated rings. The molecule has 0 bridgehead atoms. The van der Waals surface area contributed by atoms with Gasteiger partial charge >= 0.3 is 0 Å². The average molecular weight is 370 g/mol. The molecule has 0 amide bonds. The normalized spacial score (nSPS) is 24.0. The number of aliphatic hydroxyl groups excluding tert-OH is 1. The Bertz CT molecular complexity index is 383. The lowest BCUT2D eigenvalue weighted by Crippen LogP contribution is -2.47. The molecule has 26 heavy (non-hydrogen) atoms. The molecular formula is C21H43N3O2. The summed E-state index contributed by atoms with van der Waals surface area (Å²) >= 11 is 0. The Balaban J connectivity index is 1.87. The first-order valence-corrected chi connectivity index (χ1v) is 10.8. The molecule has 1 atom stereocenters. The highest BCUT2D eigenvalue weighted by molar-refractivity contribution is 4.85. The highest BCUT2D eigenvalue weighted by Crippen LogP contribution is 2.24. The van der Waals surface area contributed by atoms with Crippen LogP contribution in [0.25, 0.3) is 0 Å². The van der Waals surface area contributed by atoms with Crippen molar-refractivity contribution in [1.82, 2.24) is 14.7 Å². The number of hydrogen-bond donors (Lipinski definition) is 1. The van der Waals surface area contributed by atoms with Crippen molar-refractivity contribution in [2.75, 3.05) is 72.7 Å². The second-order valence-corrected chi connectivity index (χ2v) is 9.22. The van der Waals surface area contributed by atoms with Crippen LogP contribution in [0.5, 0.6) is 0 Å². The molecule has 5 heteroatoms. The predicted octanol–water partition coefficient (Wildman–Crippen LogP) is 2.15. The number of likely N-dealkylation sites (N-methyl/N-ethyl adjacent to an activating group) is 1. The summed E-state index contributed by atoms with van der Waals surface area (Å²) in [5.41, 5.74) is -0.0190. The van der Waals surface area contributed by atoms with Crippen molar-refractivity contribution in [2.45, 2.75) is 52.5 Å². The van der Waals surface area contributed by atoms with Crippen LogP contribution in [-0.2, 0) is 4.74 Å². The van der Waals surface area contributed by atoms with Gasteiger partial charge in [0, 0.05) is 51.4 Å². The number of rotatable bonds is 11. The maximum absolute atomic E-state index is 9.77. The van der Waals surface area contributed by atoms with E-state index in [0.717, 1.165) is 25.6 Å². The van der Waals surface area contributed by atoms with E-state index >= 15 is 0 Å². The summed E-state index contributed by atoms with van der Waals surface area (Å²) in [5.74, 6) is 0.791. The molecule has 2 rings (SSSR count). The molecule has 0 aliphatic carbocycles. The number of piperidine rings is 1. The van der Waals surface area contributed by atoms with E-state index in [-0.39, 0.29) is 12.0 Å². The Kier molecular flexibility index (Phi) is 9.31. The smallest absolute Gasteiger partial charge is 0.0589 e. The van der Waals surface area contributed by atoms with E-state index in [2.05, 4.69) is 35.5 Å². The summed E-state index contributed by atoms with van der Waals surface area (Å²) in [7, 11) is 1.79. The van der Waals surface area contributed by atoms with E-state index in [0.29, 0.717) is 6.04 Å². The van der Waals surface area contributed by atoms with E-state index in [1.807, 2.05) is 0 Å². The van der Waals surface area contributed by atoms with Crippen LogP contribution in [0.3, 0.4) is 0 Å². The van der Waals surface area contributed by atoms with E-state index in [9.17, 15) is 5.11 Å². The molecule has 2 heterocycles. The topological polar surface area (TPSA) is 39.2 Å². The van der Waals surface area contributed by atoms with Crippen LogP contribution in [0, 0.1) is 11.3 Å². The van der Waals surface area contributed by atoms with Crippen LogP contribution in [-0.4, -0.2) is 98.5 Å². The number of likely N-dealkylation sites (tertiary alicyclic amines) is 2. The van der Waals surface area contributed by atoms with Crippen LogP contribution in [0.1, 0.15) is 46.5 Å². The van der Waals surface area contributed by atoms with Crippen molar-refractivity contribution >= 4 is 0 Å². The van der Waals surface area contributed by atoms with Gasteiger partial charge in [-0.1, -0.05) is 20.8 Å². The van der Waals surface area contributed by atoms with Gasteiger partial charge in [-0.05, 0) is 57.8 Å². The fraction of sp³-hybridized carbons (Fsp3) is 1.00. The zero-order chi connectivity index (χ0) is 19.0. The molecule has 2 aliphatic heterocycles. The van der Waals surface area contributed by atoms with Gasteiger partial charge in [-0.15, -0.1) is 0 Å². The lowest BCUT2D eigenvalue weighted by molar-refractivity contribution is 0.0614. The highest BCUT2D eigenvalue weighted by Gasteiger charge is 2.30. The van der Waals surface area contributed by atoms with Gasteiger partial charge < -0.3 is 19.6 Å². The van der Waals surface area contributed by atoms with E-state index in [1.165, 1.54) is 65.0 Å². The van der Waals surface area contributed by atoms with Crippen molar-refractivity contribution in [1.29, 1.82) is 0 Å². The fourth-order valence-corrected chi connectivity index (χ4v) is 4.65. The molecule has 0 radical (unpaired) electrons. The first-order valence-electron chi connectivity index (χ1n) is 10.8. The van der Waals surface area contributed by atoms with Crippen molar-refractivity contribution in [3.05, 3.63) is 0 Å². The number of aliphatic hydroxyl groups is 1. The molecule has 1 N–H and O–H groups in total. The minimum absolute atomic E-state index is 0.0190. The Morgan fingerprint density at radius 2 is 1.85 bits per heavy atom. The minimum Gasteiger partial charge on any atom is -0.396 e. The molecule has 0 spiro atoms. The molecule has 0 saturated carbocycles. The lowest BCUT2D eigenvalue weighted by Gasteiger charge is -2.39. The predicted molar refractivity (Wildman–Crippen MR) is 109 cm³/mol. The lowest BCUT2D eigenvalue weighted by atomic mass is 9.91. The largest absolute Gasteiger partial charge is 0.396 e. The second-order valence-electron chi connectivity index (χ2n) is 9.22. The molecule has 0 aromatic rings. The zero-order valence-corrected chi connectivity index (χ0v) is 17.8. The second kappa shape index (κ2) is 11.0. The summed E-state index contributed by atoms with van der Waals surface area (Å²) in [6.45, 7) is 17.0. The molecule has 2 saturated heterocycles. The quantitative estimate of drug-likeness (QED) is 0.604. The van der Waals surface area contributed by atoms with Crippen molar-refractivity contribution in [3.8, 4) is 0 Å². The Labute approximate surface area is 161 Å². The first-order chi connectivity index (χ1) is 12.5. The van der Waals surface area contributed by atoms with Crippen LogP contribution >= 0.6 is 0 Å². The van der Waals surface area contributed by atoms with Gasteiger partial charge in [0.2, 0.25) is 0 Å². The third-order valence-corrected chi connectivity index (χ3v) is 6.29. The molecular weight excluding hydrogens is 326 g/mol. The number of ether oxygens (including phenoxy) is 1. The molecule has 0 unspecified atom stereocenters. The van der Waals surface area contributed by atoms with Gasteiger partial charge in [0.05, 0.1) is 6.61 Å². The van der Waals surface area contributed by atoms with E-state index < -0.39 is 0 Å². The van der Waals surface area contributed by atoms with Gasteiger partial charge in [-0.3, -0.25) is 4.90 Å². The van der Waals surface area contributed by atoms with Crippen molar-refractivity contribution < 1.29 is 9.84 Å². The highest BCUT2D eigenvalue weighted by atomic mass is 16.5. The number of nitrogens with zero attached hydrogens (tertiary/aromatic N) is 3. The fourth-order valence-electron chi connectivity index (χ4n) is 4.65. The van der Waals surface area contributed by atoms with Crippen LogP contribution < -0.4 is 0 Å². The number of methoxy groups -OCH3 is 1. The monoisotopic (exact) mass is 369 g/mol. The maximum Gasteiger partial charge on any atom is 0.0589 e. The Morgan fingerprint density at radius 3 is 2.46 bits per heavy atom. The average Bonchev–Trinajstić information content (AvgIpc) is 3.08. The van der Waals surface area contributed by atoms with Gasteiger partial charge in [-0.2, -0.15) is 0 Å². The van der Waals surface area contributed by atoms with Crippen molar-refractivity contribution in [2.24, 2.45) is 11.3 Å². The van der Waals surface area contributed by atoms with E-state index in [4.69, 9.17) is 4.74 Å². The van der Waals surface area contributed by atoms with Gasteiger partial charge in [0.25, 0.3) is 0 Å². The SMILES string of the molecule is CCN1CCC[C@@H]1CN(CC1CCN(CCOC)CC1)CC(C)(C)CO. The molecule has 0 aromatic carbocycles. The zero-order valence-electron chi connectivity index (χ0n) is 17.8.